The summed E-state index contributed by atoms with van der Waals surface area (Å²) in [7, 11) is 0. The predicted octanol–water partition coefficient (Wildman–Crippen LogP) is 2.34. The van der Waals surface area contributed by atoms with Crippen LogP contribution in [0.25, 0.3) is 0 Å². The molecule has 0 aliphatic heterocycles. The molecule has 4 heteroatoms. The van der Waals surface area contributed by atoms with Crippen LogP contribution in [0.4, 0.5) is 0 Å². The molecule has 1 rings (SSSR count). The molecule has 1 aromatic carbocycles. The first-order valence-electron chi connectivity index (χ1n) is 6.61. The highest BCUT2D eigenvalue weighted by Crippen LogP contribution is 2.26. The number of hydrogen-bond acceptors (Lipinski definition) is 3. The average molecular weight is 265 g/mol. The molecule has 0 spiro atoms. The zero-order chi connectivity index (χ0) is 14.4. The van der Waals surface area contributed by atoms with Crippen LogP contribution in [-0.2, 0) is 4.79 Å². The van der Waals surface area contributed by atoms with Crippen molar-refractivity contribution in [2.24, 2.45) is 0 Å². The Kier molecular flexibility index (Phi) is 5.83. The van der Waals surface area contributed by atoms with Crippen LogP contribution in [0.2, 0.25) is 0 Å². The Morgan fingerprint density at radius 1 is 1.37 bits per heavy atom. The zero-order valence-corrected chi connectivity index (χ0v) is 12.1. The summed E-state index contributed by atoms with van der Waals surface area (Å²) in [6.45, 7) is 7.81. The summed E-state index contributed by atoms with van der Waals surface area (Å²) in [5.74, 6) is 0.619. The van der Waals surface area contributed by atoms with Crippen molar-refractivity contribution in [3.8, 4) is 5.75 Å². The van der Waals surface area contributed by atoms with Crippen LogP contribution in [0, 0.1) is 6.92 Å². The van der Waals surface area contributed by atoms with Gasteiger partial charge in [0.1, 0.15) is 5.75 Å². The second-order valence-corrected chi connectivity index (χ2v) is 5.04. The Morgan fingerprint density at radius 3 is 2.63 bits per heavy atom. The third-order valence-corrected chi connectivity index (χ3v) is 2.66. The van der Waals surface area contributed by atoms with Crippen LogP contribution >= 0.6 is 0 Å². The lowest BCUT2D eigenvalue weighted by Crippen LogP contribution is -2.31. The van der Waals surface area contributed by atoms with Gasteiger partial charge in [-0.3, -0.25) is 4.79 Å². The van der Waals surface area contributed by atoms with Crippen molar-refractivity contribution in [2.45, 2.75) is 46.3 Å². The average Bonchev–Trinajstić information content (AvgIpc) is 2.27. The molecule has 0 aliphatic carbocycles. The van der Waals surface area contributed by atoms with Crippen molar-refractivity contribution in [3.63, 3.8) is 0 Å². The van der Waals surface area contributed by atoms with Gasteiger partial charge in [-0.25, -0.2) is 0 Å². The standard InChI is InChI=1S/C15H23NO3/c1-10(2)16-15(18)7-8-19-14-9-11(3)5-6-13(14)12(4)17/h5-6,9-10,12,17H,7-8H2,1-4H3,(H,16,18)/t12-/m1/s1. The van der Waals surface area contributed by atoms with Crippen LogP contribution in [0.5, 0.6) is 5.75 Å². The van der Waals surface area contributed by atoms with Gasteiger partial charge < -0.3 is 15.2 Å². The second-order valence-electron chi connectivity index (χ2n) is 5.04. The molecule has 106 valence electrons. The molecular formula is C15H23NO3. The van der Waals surface area contributed by atoms with Crippen molar-refractivity contribution in [2.75, 3.05) is 6.61 Å². The van der Waals surface area contributed by atoms with Gasteiger partial charge in [0.15, 0.2) is 0 Å². The van der Waals surface area contributed by atoms with Gasteiger partial charge in [0.2, 0.25) is 5.91 Å². The monoisotopic (exact) mass is 265 g/mol. The van der Waals surface area contributed by atoms with E-state index < -0.39 is 6.10 Å². The van der Waals surface area contributed by atoms with Crippen LogP contribution in [0.3, 0.4) is 0 Å². The maximum absolute atomic E-state index is 11.5. The van der Waals surface area contributed by atoms with Crippen LogP contribution in [0.15, 0.2) is 18.2 Å². The third-order valence-electron chi connectivity index (χ3n) is 2.66. The van der Waals surface area contributed by atoms with Crippen LogP contribution in [-0.4, -0.2) is 23.7 Å². The molecule has 0 radical (unpaired) electrons. The van der Waals surface area contributed by atoms with E-state index in [1.54, 1.807) is 6.92 Å². The van der Waals surface area contributed by atoms with E-state index in [-0.39, 0.29) is 11.9 Å². The minimum atomic E-state index is -0.583. The quantitative estimate of drug-likeness (QED) is 0.830. The molecule has 0 aliphatic rings. The number of rotatable bonds is 6. The number of amides is 1. The first-order valence-corrected chi connectivity index (χ1v) is 6.61. The first kappa shape index (κ1) is 15.5. The smallest absolute Gasteiger partial charge is 0.223 e. The summed E-state index contributed by atoms with van der Waals surface area (Å²) < 4.78 is 5.61. The van der Waals surface area contributed by atoms with Gasteiger partial charge >= 0.3 is 0 Å². The Morgan fingerprint density at radius 2 is 2.05 bits per heavy atom. The van der Waals surface area contributed by atoms with Gasteiger partial charge in [-0.1, -0.05) is 12.1 Å². The molecule has 19 heavy (non-hydrogen) atoms. The summed E-state index contributed by atoms with van der Waals surface area (Å²) in [4.78, 5) is 11.5. The topological polar surface area (TPSA) is 58.6 Å². The molecule has 0 unspecified atom stereocenters. The molecule has 1 amide bonds. The molecule has 4 nitrogen and oxygen atoms in total. The summed E-state index contributed by atoms with van der Waals surface area (Å²) >= 11 is 0. The number of carbonyl (C=O) groups is 1. The Bertz CT molecular complexity index is 427. The summed E-state index contributed by atoms with van der Waals surface area (Å²) in [6, 6.07) is 5.80. The first-order chi connectivity index (χ1) is 8.90. The van der Waals surface area contributed by atoms with Crippen molar-refractivity contribution < 1.29 is 14.6 Å². The highest BCUT2D eigenvalue weighted by molar-refractivity contribution is 5.76. The van der Waals surface area contributed by atoms with Gasteiger partial charge in [0.25, 0.3) is 0 Å². The van der Waals surface area contributed by atoms with Crippen molar-refractivity contribution in [3.05, 3.63) is 29.3 Å². The van der Waals surface area contributed by atoms with E-state index in [1.807, 2.05) is 39.0 Å². The van der Waals surface area contributed by atoms with E-state index in [1.165, 1.54) is 0 Å². The number of aliphatic hydroxyl groups excluding tert-OH is 1. The highest BCUT2D eigenvalue weighted by Gasteiger charge is 2.10. The number of hydrogen-bond donors (Lipinski definition) is 2. The molecule has 0 bridgehead atoms. The van der Waals surface area contributed by atoms with Crippen LogP contribution in [0.1, 0.15) is 44.4 Å². The van der Waals surface area contributed by atoms with Gasteiger partial charge in [-0.2, -0.15) is 0 Å². The fourth-order valence-corrected chi connectivity index (χ4v) is 1.76. The van der Waals surface area contributed by atoms with Crippen molar-refractivity contribution >= 4 is 5.91 Å². The largest absolute Gasteiger partial charge is 0.493 e. The summed E-state index contributed by atoms with van der Waals surface area (Å²) in [5.41, 5.74) is 1.81. The number of aryl methyl sites for hydroxylation is 1. The van der Waals surface area contributed by atoms with Gasteiger partial charge in [0, 0.05) is 11.6 Å². The minimum Gasteiger partial charge on any atom is -0.493 e. The number of aliphatic hydroxyl groups is 1. The fourth-order valence-electron chi connectivity index (χ4n) is 1.76. The van der Waals surface area contributed by atoms with E-state index in [9.17, 15) is 9.90 Å². The molecule has 1 aromatic rings. The van der Waals surface area contributed by atoms with E-state index in [2.05, 4.69) is 5.32 Å². The lowest BCUT2D eigenvalue weighted by atomic mass is 10.1. The number of ether oxygens (including phenoxy) is 1. The molecule has 1 atom stereocenters. The molecule has 0 saturated carbocycles. The summed E-state index contributed by atoms with van der Waals surface area (Å²) in [6.07, 6.45) is -0.272. The van der Waals surface area contributed by atoms with E-state index >= 15 is 0 Å². The van der Waals surface area contributed by atoms with Gasteiger partial charge in [0.05, 0.1) is 19.1 Å². The third kappa shape index (κ3) is 5.30. The maximum atomic E-state index is 11.5. The minimum absolute atomic E-state index is 0.0266. The van der Waals surface area contributed by atoms with Crippen LogP contribution < -0.4 is 10.1 Å². The Labute approximate surface area is 114 Å². The molecule has 0 heterocycles. The fraction of sp³-hybridized carbons (Fsp3) is 0.533. The molecule has 0 aromatic heterocycles. The number of carbonyl (C=O) groups excluding carboxylic acids is 1. The van der Waals surface area contributed by atoms with Crippen molar-refractivity contribution in [1.82, 2.24) is 5.32 Å². The lowest BCUT2D eigenvalue weighted by Gasteiger charge is -2.14. The van der Waals surface area contributed by atoms with E-state index in [0.717, 1.165) is 11.1 Å². The normalized spacial score (nSPS) is 12.3. The second kappa shape index (κ2) is 7.14. The molecular weight excluding hydrogens is 242 g/mol. The molecule has 0 fully saturated rings. The van der Waals surface area contributed by atoms with E-state index in [4.69, 9.17) is 4.74 Å². The number of nitrogens with one attached hydrogen (secondary N) is 1. The maximum Gasteiger partial charge on any atom is 0.223 e. The lowest BCUT2D eigenvalue weighted by molar-refractivity contribution is -0.122. The van der Waals surface area contributed by atoms with Crippen molar-refractivity contribution in [1.29, 1.82) is 0 Å². The number of benzene rings is 1. The Balaban J connectivity index is 2.57. The highest BCUT2D eigenvalue weighted by atomic mass is 16.5. The summed E-state index contributed by atoms with van der Waals surface area (Å²) in [5, 5.41) is 12.5. The Hall–Kier alpha value is -1.55. The molecule has 2 N–H and O–H groups in total. The van der Waals surface area contributed by atoms with Gasteiger partial charge in [-0.15, -0.1) is 0 Å². The SMILES string of the molecule is Cc1ccc([C@@H](C)O)c(OCCC(=O)NC(C)C)c1. The zero-order valence-electron chi connectivity index (χ0n) is 12.1. The predicted molar refractivity (Wildman–Crippen MR) is 75.2 cm³/mol. The van der Waals surface area contributed by atoms with Gasteiger partial charge in [-0.05, 0) is 39.3 Å². The molecule has 0 saturated heterocycles. The van der Waals surface area contributed by atoms with E-state index in [0.29, 0.717) is 18.8 Å².